The van der Waals surface area contributed by atoms with Crippen LogP contribution in [0.5, 0.6) is 0 Å². The molecule has 0 aliphatic heterocycles. The van der Waals surface area contributed by atoms with Crippen LogP contribution >= 0.6 is 0 Å². The summed E-state index contributed by atoms with van der Waals surface area (Å²) in [7, 11) is -9.98. The van der Waals surface area contributed by atoms with Crippen LogP contribution in [0.2, 0.25) is 0 Å². The van der Waals surface area contributed by atoms with Crippen molar-refractivity contribution in [2.75, 3.05) is 6.26 Å². The molecule has 0 radical (unpaired) electrons. The van der Waals surface area contributed by atoms with Gasteiger partial charge in [0.2, 0.25) is 15.8 Å². The van der Waals surface area contributed by atoms with E-state index >= 15 is 0 Å². The number of hydrogen-bond acceptors (Lipinski definition) is 4. The molecule has 5 nitrogen and oxygen atoms in total. The standard InChI is InChI=1S/C7H4F5NO4S2/c1-18(14,15)13-19(16,17)7-5(11)3(9)2(8)4(10)6(7)12/h13H,1H3. The normalized spacial score (nSPS) is 12.7. The predicted molar refractivity (Wildman–Crippen MR) is 51.4 cm³/mol. The first kappa shape index (κ1) is 15.8. The second-order valence-corrected chi connectivity index (χ2v) is 6.88. The van der Waals surface area contributed by atoms with Crippen LogP contribution in [-0.4, -0.2) is 23.1 Å². The average molecular weight is 325 g/mol. The Morgan fingerprint density at radius 3 is 1.37 bits per heavy atom. The smallest absolute Gasteiger partial charge is 0.212 e. The Morgan fingerprint density at radius 2 is 1.05 bits per heavy atom. The van der Waals surface area contributed by atoms with Crippen LogP contribution in [0.3, 0.4) is 0 Å². The molecule has 1 aromatic rings. The van der Waals surface area contributed by atoms with Crippen molar-refractivity contribution in [3.8, 4) is 0 Å². The van der Waals surface area contributed by atoms with Crippen molar-refractivity contribution >= 4 is 20.0 Å². The van der Waals surface area contributed by atoms with Crippen LogP contribution in [0.25, 0.3) is 0 Å². The Hall–Kier alpha value is -1.27. The monoisotopic (exact) mass is 325 g/mol. The van der Waals surface area contributed by atoms with Crippen LogP contribution in [0.1, 0.15) is 0 Å². The molecule has 19 heavy (non-hydrogen) atoms. The summed E-state index contributed by atoms with van der Waals surface area (Å²) < 4.78 is 109. The Morgan fingerprint density at radius 1 is 0.737 bits per heavy atom. The van der Waals surface area contributed by atoms with Gasteiger partial charge in [0.25, 0.3) is 10.0 Å². The lowest BCUT2D eigenvalue weighted by atomic mass is 10.3. The molecular weight excluding hydrogens is 321 g/mol. The fourth-order valence-corrected chi connectivity index (χ4v) is 3.64. The highest BCUT2D eigenvalue weighted by atomic mass is 32.3. The Balaban J connectivity index is 3.71. The molecule has 108 valence electrons. The number of halogens is 5. The van der Waals surface area contributed by atoms with E-state index in [1.165, 1.54) is 0 Å². The minimum absolute atomic E-state index is 0.316. The first-order chi connectivity index (χ1) is 8.38. The van der Waals surface area contributed by atoms with Gasteiger partial charge in [-0.3, -0.25) is 0 Å². The Kier molecular flexibility index (Phi) is 3.89. The van der Waals surface area contributed by atoms with Gasteiger partial charge in [-0.1, -0.05) is 0 Å². The lowest BCUT2D eigenvalue weighted by Gasteiger charge is -2.09. The lowest BCUT2D eigenvalue weighted by molar-refractivity contribution is 0.357. The van der Waals surface area contributed by atoms with Crippen molar-refractivity contribution in [2.24, 2.45) is 0 Å². The highest BCUT2D eigenvalue weighted by Crippen LogP contribution is 2.26. The van der Waals surface area contributed by atoms with Crippen LogP contribution < -0.4 is 4.13 Å². The van der Waals surface area contributed by atoms with Gasteiger partial charge in [0.1, 0.15) is 0 Å². The van der Waals surface area contributed by atoms with Gasteiger partial charge >= 0.3 is 0 Å². The SMILES string of the molecule is CS(=O)(=O)NS(=O)(=O)c1c(F)c(F)c(F)c(F)c1F. The van der Waals surface area contributed by atoms with Crippen LogP contribution in [-0.2, 0) is 20.0 Å². The number of benzene rings is 1. The minimum Gasteiger partial charge on any atom is -0.212 e. The second-order valence-electron chi connectivity index (χ2n) is 3.26. The zero-order valence-electron chi connectivity index (χ0n) is 8.84. The molecule has 1 N–H and O–H groups in total. The summed E-state index contributed by atoms with van der Waals surface area (Å²) in [5.41, 5.74) is 0. The van der Waals surface area contributed by atoms with E-state index in [9.17, 15) is 38.8 Å². The van der Waals surface area contributed by atoms with Crippen molar-refractivity contribution in [1.29, 1.82) is 0 Å². The number of rotatable bonds is 3. The van der Waals surface area contributed by atoms with E-state index in [1.807, 2.05) is 0 Å². The van der Waals surface area contributed by atoms with Crippen LogP contribution in [0.15, 0.2) is 4.90 Å². The van der Waals surface area contributed by atoms with Gasteiger partial charge in [0.05, 0.1) is 6.26 Å². The Bertz CT molecular complexity index is 714. The third kappa shape index (κ3) is 3.01. The van der Waals surface area contributed by atoms with E-state index in [2.05, 4.69) is 0 Å². The van der Waals surface area contributed by atoms with Crippen LogP contribution in [0, 0.1) is 29.1 Å². The highest BCUT2D eigenvalue weighted by Gasteiger charge is 2.34. The molecule has 0 bridgehead atoms. The molecule has 1 aromatic carbocycles. The third-order valence-corrected chi connectivity index (χ3v) is 4.68. The topological polar surface area (TPSA) is 80.3 Å². The molecule has 0 heterocycles. The van der Waals surface area contributed by atoms with E-state index in [1.54, 1.807) is 0 Å². The summed E-state index contributed by atoms with van der Waals surface area (Å²) in [6, 6.07) is 0. The predicted octanol–water partition coefficient (Wildman–Crippen LogP) is 0.620. The quantitative estimate of drug-likeness (QED) is 0.502. The van der Waals surface area contributed by atoms with Gasteiger partial charge in [0, 0.05) is 0 Å². The first-order valence-electron chi connectivity index (χ1n) is 4.13. The minimum atomic E-state index is -5.48. The van der Waals surface area contributed by atoms with E-state index in [0.29, 0.717) is 6.26 Å². The first-order valence-corrected chi connectivity index (χ1v) is 7.51. The van der Waals surface area contributed by atoms with Crippen molar-refractivity contribution in [1.82, 2.24) is 4.13 Å². The van der Waals surface area contributed by atoms with Gasteiger partial charge in [-0.25, -0.2) is 38.8 Å². The van der Waals surface area contributed by atoms with Crippen molar-refractivity contribution in [3.05, 3.63) is 29.1 Å². The van der Waals surface area contributed by atoms with Gasteiger partial charge < -0.3 is 0 Å². The number of sulfonamides is 2. The van der Waals surface area contributed by atoms with Crippen LogP contribution in [0.4, 0.5) is 22.0 Å². The summed E-state index contributed by atoms with van der Waals surface area (Å²) in [4.78, 5) is -2.27. The summed E-state index contributed by atoms with van der Waals surface area (Å²) in [6.07, 6.45) is 0.316. The summed E-state index contributed by atoms with van der Waals surface area (Å²) in [6.45, 7) is 0. The van der Waals surface area contributed by atoms with Gasteiger partial charge in [-0.15, -0.1) is 4.13 Å². The summed E-state index contributed by atoms with van der Waals surface area (Å²) >= 11 is 0. The number of nitrogens with one attached hydrogen (secondary N) is 1. The van der Waals surface area contributed by atoms with E-state index in [0.717, 1.165) is 4.13 Å². The maximum absolute atomic E-state index is 13.1. The average Bonchev–Trinajstić information content (AvgIpc) is 2.20. The molecule has 0 amide bonds. The maximum Gasteiger partial charge on any atom is 0.259 e. The fraction of sp³-hybridized carbons (Fsp3) is 0.143. The molecule has 0 aliphatic rings. The zero-order valence-corrected chi connectivity index (χ0v) is 10.5. The molecule has 0 atom stereocenters. The molecule has 0 saturated heterocycles. The van der Waals surface area contributed by atoms with Gasteiger partial charge in [0.15, 0.2) is 28.2 Å². The third-order valence-electron chi connectivity index (χ3n) is 1.70. The molecule has 12 heteroatoms. The zero-order chi connectivity index (χ0) is 15.2. The number of hydrogen-bond donors (Lipinski definition) is 1. The molecule has 1 rings (SSSR count). The molecule has 0 spiro atoms. The second kappa shape index (κ2) is 4.68. The molecule has 0 fully saturated rings. The van der Waals surface area contributed by atoms with Crippen molar-refractivity contribution in [2.45, 2.75) is 4.90 Å². The fourth-order valence-electron chi connectivity index (χ4n) is 1.06. The molecular formula is C7H4F5NO4S2. The van der Waals surface area contributed by atoms with E-state index < -0.39 is 54.0 Å². The molecule has 0 aromatic heterocycles. The molecule has 0 unspecified atom stereocenters. The van der Waals surface area contributed by atoms with E-state index in [4.69, 9.17) is 0 Å². The Labute approximate surface area is 104 Å². The van der Waals surface area contributed by atoms with Gasteiger partial charge in [-0.2, -0.15) is 0 Å². The van der Waals surface area contributed by atoms with Crippen molar-refractivity contribution < 1.29 is 38.8 Å². The molecule has 0 saturated carbocycles. The lowest BCUT2D eigenvalue weighted by Crippen LogP contribution is -2.31. The van der Waals surface area contributed by atoms with E-state index in [-0.39, 0.29) is 0 Å². The summed E-state index contributed by atoms with van der Waals surface area (Å²) in [5, 5.41) is 0. The highest BCUT2D eigenvalue weighted by molar-refractivity contribution is 8.04. The van der Waals surface area contributed by atoms with Crippen molar-refractivity contribution in [3.63, 3.8) is 0 Å². The van der Waals surface area contributed by atoms with Gasteiger partial charge in [-0.05, 0) is 0 Å². The summed E-state index contributed by atoms with van der Waals surface area (Å²) in [5.74, 6) is -12.9. The maximum atomic E-state index is 13.1. The largest absolute Gasteiger partial charge is 0.259 e. The molecule has 0 aliphatic carbocycles.